The van der Waals surface area contributed by atoms with E-state index >= 15 is 0 Å². The van der Waals surface area contributed by atoms with Gasteiger partial charge < -0.3 is 10.2 Å². The number of hydrogen-bond acceptors (Lipinski definition) is 5. The van der Waals surface area contributed by atoms with E-state index in [4.69, 9.17) is 0 Å². The van der Waals surface area contributed by atoms with Crippen molar-refractivity contribution in [3.8, 4) is 22.8 Å². The van der Waals surface area contributed by atoms with Crippen LogP contribution in [0.3, 0.4) is 0 Å². The monoisotopic (exact) mass is 371 g/mol. The number of hydrogen-bond donors (Lipinski definition) is 2. The molecule has 134 valence electrons. The van der Waals surface area contributed by atoms with Crippen molar-refractivity contribution in [2.24, 2.45) is 10.1 Å². The van der Waals surface area contributed by atoms with Crippen LogP contribution >= 0.6 is 11.3 Å². The summed E-state index contributed by atoms with van der Waals surface area (Å²) in [6, 6.07) is 4.06. The van der Waals surface area contributed by atoms with E-state index < -0.39 is 12.7 Å². The van der Waals surface area contributed by atoms with Crippen LogP contribution in [0.25, 0.3) is 11.3 Å². The van der Waals surface area contributed by atoms with Gasteiger partial charge in [-0.05, 0) is 37.8 Å². The quantitative estimate of drug-likeness (QED) is 0.860. The smallest absolute Gasteiger partial charge is 0.408 e. The van der Waals surface area contributed by atoms with Crippen LogP contribution in [0, 0.1) is 0 Å². The Morgan fingerprint density at radius 3 is 2.52 bits per heavy atom. The highest BCUT2D eigenvalue weighted by Gasteiger charge is 2.26. The molecule has 9 heteroatoms. The molecule has 2 N–H and O–H groups in total. The van der Waals surface area contributed by atoms with Gasteiger partial charge in [0.1, 0.15) is 18.0 Å². The van der Waals surface area contributed by atoms with Crippen LogP contribution in [-0.4, -0.2) is 33.3 Å². The van der Waals surface area contributed by atoms with Crippen LogP contribution in [-0.2, 0) is 0 Å². The van der Waals surface area contributed by atoms with Gasteiger partial charge >= 0.3 is 6.18 Å². The summed E-state index contributed by atoms with van der Waals surface area (Å²) in [6.45, 7) is -1.29. The highest BCUT2D eigenvalue weighted by atomic mass is 32.1. The fourth-order valence-corrected chi connectivity index (χ4v) is 3.43. The molecule has 1 aliphatic carbocycles. The van der Waals surface area contributed by atoms with Crippen molar-refractivity contribution in [3.63, 3.8) is 0 Å². The number of alkyl halides is 3. The summed E-state index contributed by atoms with van der Waals surface area (Å²) in [5.74, 6) is -0.285. The van der Waals surface area contributed by atoms with Crippen molar-refractivity contribution in [3.05, 3.63) is 28.4 Å². The molecule has 5 nitrogen and oxygen atoms in total. The lowest BCUT2D eigenvalue weighted by atomic mass is 10.1. The Balaban J connectivity index is 2.12. The molecule has 0 atom stereocenters. The van der Waals surface area contributed by atoms with E-state index in [1.165, 1.54) is 22.9 Å². The second-order valence-electron chi connectivity index (χ2n) is 5.72. The fourth-order valence-electron chi connectivity index (χ4n) is 2.61. The number of thiazole rings is 1. The Kier molecular flexibility index (Phi) is 4.85. The molecule has 0 bridgehead atoms. The topological polar surface area (TPSA) is 70.1 Å². The number of phenols is 2. The van der Waals surface area contributed by atoms with E-state index in [1.54, 1.807) is 5.38 Å². The van der Waals surface area contributed by atoms with Gasteiger partial charge in [-0.15, -0.1) is 11.3 Å². The minimum Gasteiger partial charge on any atom is -0.508 e. The molecule has 0 spiro atoms. The summed E-state index contributed by atoms with van der Waals surface area (Å²) in [5.41, 5.74) is 1.69. The number of nitrogens with zero attached hydrogens (tertiary/aromatic N) is 3. The molecule has 2 aromatic rings. The van der Waals surface area contributed by atoms with Crippen molar-refractivity contribution in [2.45, 2.75) is 31.9 Å². The van der Waals surface area contributed by atoms with Crippen molar-refractivity contribution in [1.29, 1.82) is 0 Å². The maximum Gasteiger partial charge on any atom is 0.408 e. The number of rotatable bonds is 3. The SMILES string of the molecule is Oc1ccc(-c2csc(=NCC(F)(F)F)n2N=C2CCCC2)c(O)c1. The molecule has 1 aliphatic rings. The normalized spacial score (nSPS) is 15.8. The molecule has 1 aromatic carbocycles. The van der Waals surface area contributed by atoms with Crippen LogP contribution in [0.2, 0.25) is 0 Å². The average molecular weight is 371 g/mol. The van der Waals surface area contributed by atoms with Gasteiger partial charge in [0.2, 0.25) is 4.80 Å². The Morgan fingerprint density at radius 1 is 1.16 bits per heavy atom. The Bertz CT molecular complexity index is 860. The van der Waals surface area contributed by atoms with E-state index in [9.17, 15) is 23.4 Å². The van der Waals surface area contributed by atoms with Gasteiger partial charge in [0.15, 0.2) is 0 Å². The maximum absolute atomic E-state index is 12.5. The molecule has 1 fully saturated rings. The number of aromatic nitrogens is 1. The van der Waals surface area contributed by atoms with Crippen molar-refractivity contribution in [1.82, 2.24) is 4.68 Å². The van der Waals surface area contributed by atoms with Gasteiger partial charge in [-0.2, -0.15) is 18.3 Å². The second-order valence-corrected chi connectivity index (χ2v) is 6.56. The van der Waals surface area contributed by atoms with E-state index in [-0.39, 0.29) is 16.3 Å². The zero-order valence-corrected chi connectivity index (χ0v) is 13.9. The first-order valence-corrected chi connectivity index (χ1v) is 8.58. The number of aromatic hydroxyl groups is 2. The van der Waals surface area contributed by atoms with Crippen LogP contribution in [0.15, 0.2) is 33.7 Å². The molecule has 0 amide bonds. The van der Waals surface area contributed by atoms with E-state index in [1.807, 2.05) is 0 Å². The van der Waals surface area contributed by atoms with Crippen molar-refractivity contribution < 1.29 is 23.4 Å². The third-order valence-corrected chi connectivity index (χ3v) is 4.61. The third-order valence-electron chi connectivity index (χ3n) is 3.76. The summed E-state index contributed by atoms with van der Waals surface area (Å²) in [7, 11) is 0. The lowest BCUT2D eigenvalue weighted by molar-refractivity contribution is -0.118. The standard InChI is InChI=1S/C16H16F3N3O2S/c17-16(18,19)9-20-15-22(21-10-3-1-2-4-10)13(8-25-15)12-6-5-11(23)7-14(12)24/h5-8,23-24H,1-4,9H2. The summed E-state index contributed by atoms with van der Waals surface area (Å²) in [6.07, 6.45) is -0.815. The molecule has 25 heavy (non-hydrogen) atoms. The lowest BCUT2D eigenvalue weighted by Crippen LogP contribution is -2.19. The number of halogens is 3. The van der Waals surface area contributed by atoms with Crippen molar-refractivity contribution >= 4 is 17.0 Å². The molecule has 0 radical (unpaired) electrons. The zero-order valence-electron chi connectivity index (χ0n) is 13.1. The minimum atomic E-state index is -4.40. The predicted octanol–water partition coefficient (Wildman–Crippen LogP) is 3.87. The molecular weight excluding hydrogens is 355 g/mol. The first-order valence-electron chi connectivity index (χ1n) is 7.70. The Morgan fingerprint density at radius 2 is 1.88 bits per heavy atom. The van der Waals surface area contributed by atoms with E-state index in [0.29, 0.717) is 11.3 Å². The molecule has 0 aliphatic heterocycles. The summed E-state index contributed by atoms with van der Waals surface area (Å²) < 4.78 is 38.9. The summed E-state index contributed by atoms with van der Waals surface area (Å²) in [4.78, 5) is 3.74. The van der Waals surface area contributed by atoms with Gasteiger partial charge in [-0.1, -0.05) is 0 Å². The Hall–Kier alpha value is -2.29. The predicted molar refractivity (Wildman–Crippen MR) is 88.9 cm³/mol. The molecule has 1 heterocycles. The summed E-state index contributed by atoms with van der Waals surface area (Å²) >= 11 is 1.02. The number of benzene rings is 1. The highest BCUT2D eigenvalue weighted by molar-refractivity contribution is 7.07. The lowest BCUT2D eigenvalue weighted by Gasteiger charge is -2.08. The van der Waals surface area contributed by atoms with E-state index in [2.05, 4.69) is 10.1 Å². The first-order chi connectivity index (χ1) is 11.8. The fraction of sp³-hybridized carbons (Fsp3) is 0.375. The molecule has 0 unspecified atom stereocenters. The molecule has 0 saturated heterocycles. The van der Waals surface area contributed by atoms with Crippen LogP contribution in [0.4, 0.5) is 13.2 Å². The molecule has 1 saturated carbocycles. The van der Waals surface area contributed by atoms with Gasteiger partial charge in [-0.25, -0.2) is 9.67 Å². The minimum absolute atomic E-state index is 0.105. The zero-order chi connectivity index (χ0) is 18.0. The summed E-state index contributed by atoms with van der Waals surface area (Å²) in [5, 5.41) is 25.6. The first kappa shape index (κ1) is 17.5. The highest BCUT2D eigenvalue weighted by Crippen LogP contribution is 2.32. The van der Waals surface area contributed by atoms with Crippen LogP contribution < -0.4 is 4.80 Å². The Labute approximate surface area is 145 Å². The third kappa shape index (κ3) is 4.22. The largest absolute Gasteiger partial charge is 0.508 e. The molecular formula is C16H16F3N3O2S. The molecule has 3 rings (SSSR count). The maximum atomic E-state index is 12.5. The molecule has 1 aromatic heterocycles. The van der Waals surface area contributed by atoms with Gasteiger partial charge in [-0.3, -0.25) is 0 Å². The second kappa shape index (κ2) is 6.91. The van der Waals surface area contributed by atoms with Crippen LogP contribution in [0.5, 0.6) is 11.5 Å². The average Bonchev–Trinajstić information content (AvgIpc) is 3.15. The van der Waals surface area contributed by atoms with Crippen molar-refractivity contribution in [2.75, 3.05) is 6.54 Å². The van der Waals surface area contributed by atoms with Gasteiger partial charge in [0.25, 0.3) is 0 Å². The van der Waals surface area contributed by atoms with Gasteiger partial charge in [0.05, 0.1) is 5.69 Å². The van der Waals surface area contributed by atoms with Gasteiger partial charge in [0, 0.05) is 22.7 Å². The number of phenolic OH excluding ortho intramolecular Hbond substituents is 2. The van der Waals surface area contributed by atoms with Crippen LogP contribution in [0.1, 0.15) is 25.7 Å². The van der Waals surface area contributed by atoms with E-state index in [0.717, 1.165) is 42.7 Å².